The van der Waals surface area contributed by atoms with Gasteiger partial charge in [0.05, 0.1) is 49.3 Å². The number of Topliss-reactive ketones (excluding diaryl/α,β-unsaturated/α-hetero) is 4. The Labute approximate surface area is 716 Å². The fraction of sp³-hybridized carbons (Fsp3) is 0.962. The summed E-state index contributed by atoms with van der Waals surface area (Å²) in [5.41, 5.74) is 0. The molecule has 0 spiro atoms. The lowest BCUT2D eigenvalue weighted by molar-refractivity contribution is -0.157. The minimum absolute atomic E-state index is 0.0171. The number of carbonyl (C=O) groups excluding carboxylic acids is 4. The molecule has 8 bridgehead atoms. The van der Waals surface area contributed by atoms with Crippen molar-refractivity contribution in [3.05, 3.63) is 0 Å². The van der Waals surface area contributed by atoms with Gasteiger partial charge in [-0.2, -0.15) is 0 Å². The molecule has 4 aliphatic carbocycles. The van der Waals surface area contributed by atoms with E-state index < -0.39 is 23.7 Å². The molecule has 5 saturated heterocycles. The third kappa shape index (κ3) is 33.7. The Morgan fingerprint density at radius 1 is 0.172 bits per heavy atom. The van der Waals surface area contributed by atoms with E-state index in [4.69, 9.17) is 0 Å². The highest BCUT2D eigenvalue weighted by molar-refractivity contribution is 5.99. The van der Waals surface area contributed by atoms with Crippen LogP contribution in [0.4, 0.5) is 0 Å². The highest BCUT2D eigenvalue weighted by atomic mass is 16.1. The fourth-order valence-electron chi connectivity index (χ4n) is 25.2. The minimum atomic E-state index is -0.802. The second-order valence-electron chi connectivity index (χ2n) is 40.9. The predicted octanol–water partition coefficient (Wildman–Crippen LogP) is 26.8. The monoisotopic (exact) mass is 1620 g/mol. The van der Waals surface area contributed by atoms with E-state index in [1.807, 2.05) is 0 Å². The molecule has 8 N–H and O–H groups in total. The lowest BCUT2D eigenvalue weighted by atomic mass is 9.52. The van der Waals surface area contributed by atoms with Gasteiger partial charge in [0, 0.05) is 61.2 Å². The molecule has 0 amide bonds. The second-order valence-corrected chi connectivity index (χ2v) is 40.9. The molecular formula is C104H192N8O4. The maximum Gasteiger partial charge on any atom is 0.137 e. The Balaban J connectivity index is 0.997. The van der Waals surface area contributed by atoms with Crippen LogP contribution in [0.1, 0.15) is 516 Å². The standard InChI is InChI=1S/C104H192N8O4/c1-5-9-13-17-21-25-29-33-37-41-45-49-53-57-61-77-87(113)91-92(88(114)78-62-58-54-50-46-42-38-34-30-26-22-18-14-10-6-2)94(90(116)80-64-60-56-52-48-44-40-36-32-28-24-20-16-12-8-4)96-95(93(91)89(115)79-63-59-55-51-47-43-39-35-31-27-23-19-15-11-7-3)103-110-101-85-75-69-67-73-83(85)99(108-101)106-97-81-71-65-66-72-82(81)98(105-97)107-100-84-74-68-70-76-86(84)102(109-100)111-104(96)112-103/h81-86,91-112H,5-80H2,1-4H3. The molecule has 9 rings (SSSR count). The maximum atomic E-state index is 16.8. The maximum absolute atomic E-state index is 16.8. The lowest BCUT2D eigenvalue weighted by Gasteiger charge is -2.50. The van der Waals surface area contributed by atoms with Crippen LogP contribution in [0.25, 0.3) is 0 Å². The molecule has 12 nitrogen and oxygen atoms in total. The Morgan fingerprint density at radius 3 is 0.466 bits per heavy atom. The van der Waals surface area contributed by atoms with Gasteiger partial charge < -0.3 is 0 Å². The van der Waals surface area contributed by atoms with Crippen molar-refractivity contribution in [2.45, 2.75) is 565 Å². The number of ketones is 4. The largest absolute Gasteiger partial charge is 0.299 e. The molecule has 4 saturated carbocycles. The Bertz CT molecular complexity index is 2370. The molecule has 116 heavy (non-hydrogen) atoms. The van der Waals surface area contributed by atoms with Gasteiger partial charge in [0.1, 0.15) is 23.1 Å². The molecule has 9 fully saturated rings. The molecule has 0 aromatic heterocycles. The average Bonchev–Trinajstić information content (AvgIpc) is 1.50. The van der Waals surface area contributed by atoms with E-state index in [1.54, 1.807) is 0 Å². The zero-order valence-corrected chi connectivity index (χ0v) is 76.9. The summed E-state index contributed by atoms with van der Waals surface area (Å²) in [5.74, 6) is -0.0928. The first-order valence-electron chi connectivity index (χ1n) is 53.4. The summed E-state index contributed by atoms with van der Waals surface area (Å²) >= 11 is 0. The highest BCUT2D eigenvalue weighted by Crippen LogP contribution is 2.55. The Morgan fingerprint density at radius 2 is 0.302 bits per heavy atom. The van der Waals surface area contributed by atoms with Crippen LogP contribution >= 0.6 is 0 Å². The summed E-state index contributed by atoms with van der Waals surface area (Å²) in [6.45, 7) is 9.23. The van der Waals surface area contributed by atoms with Crippen LogP contribution in [-0.2, 0) is 19.2 Å². The predicted molar refractivity (Wildman–Crippen MR) is 491 cm³/mol. The molecule has 20 atom stereocenters. The first-order chi connectivity index (χ1) is 57.3. The molecular weight excluding hydrogens is 1430 g/mol. The Kier molecular flexibility index (Phi) is 50.8. The Hall–Kier alpha value is -1.64. The zero-order valence-electron chi connectivity index (χ0n) is 76.9. The van der Waals surface area contributed by atoms with E-state index in [2.05, 4.69) is 70.2 Å². The van der Waals surface area contributed by atoms with Crippen molar-refractivity contribution in [3.8, 4) is 0 Å². The van der Waals surface area contributed by atoms with Crippen molar-refractivity contribution < 1.29 is 19.2 Å². The van der Waals surface area contributed by atoms with Crippen molar-refractivity contribution in [1.29, 1.82) is 0 Å². The SMILES string of the molecule is CCCCCCCCCCCCCCCCCC(=O)C1C(C(=O)CCCCCCCCCCCCCCCCC)C(C(=O)CCCCCCCCCCCCCCCCC)C2C3NC4NC(NC5NC(NC6NC(NC(N3)C2C1C(=O)CCCCCCCCCCCCCCCCC)C1CCCCC61)C1CCCCC51)C1CCCCC41. The summed E-state index contributed by atoms with van der Waals surface area (Å²) in [5, 5.41) is 35.1. The summed E-state index contributed by atoms with van der Waals surface area (Å²) in [4.78, 5) is 66.8. The summed E-state index contributed by atoms with van der Waals surface area (Å²) < 4.78 is 0. The molecule has 5 heterocycles. The van der Waals surface area contributed by atoms with E-state index in [0.29, 0.717) is 61.2 Å². The minimum Gasteiger partial charge on any atom is -0.299 e. The average molecular weight is 1620 g/mol. The molecule has 672 valence electrons. The smallest absolute Gasteiger partial charge is 0.137 e. The fourth-order valence-corrected chi connectivity index (χ4v) is 25.2. The van der Waals surface area contributed by atoms with Crippen LogP contribution in [0.5, 0.6) is 0 Å². The van der Waals surface area contributed by atoms with Crippen molar-refractivity contribution >= 4 is 23.1 Å². The summed E-state index contributed by atoms with van der Waals surface area (Å²) in [6.07, 6.45) is 92.3. The van der Waals surface area contributed by atoms with Crippen LogP contribution in [0, 0.1) is 71.0 Å². The topological polar surface area (TPSA) is 165 Å². The van der Waals surface area contributed by atoms with Crippen molar-refractivity contribution in [1.82, 2.24) is 42.5 Å². The van der Waals surface area contributed by atoms with E-state index in [-0.39, 0.29) is 84.3 Å². The van der Waals surface area contributed by atoms with Crippen molar-refractivity contribution in [3.63, 3.8) is 0 Å². The van der Waals surface area contributed by atoms with Crippen molar-refractivity contribution in [2.75, 3.05) is 0 Å². The van der Waals surface area contributed by atoms with Gasteiger partial charge in [-0.15, -0.1) is 0 Å². The molecule has 5 aliphatic heterocycles. The summed E-state index contributed by atoms with van der Waals surface area (Å²) in [7, 11) is 0. The first kappa shape index (κ1) is 98.2. The number of carbonyl (C=O) groups is 4. The summed E-state index contributed by atoms with van der Waals surface area (Å²) in [6, 6.07) is 0. The van der Waals surface area contributed by atoms with Crippen LogP contribution in [0.15, 0.2) is 0 Å². The van der Waals surface area contributed by atoms with Crippen LogP contribution in [0.3, 0.4) is 0 Å². The van der Waals surface area contributed by atoms with E-state index in [0.717, 1.165) is 89.9 Å². The number of hydrogen-bond donors (Lipinski definition) is 8. The molecule has 0 aromatic carbocycles. The third-order valence-corrected chi connectivity index (χ3v) is 31.9. The number of unbranched alkanes of at least 4 members (excludes halogenated alkanes) is 56. The van der Waals surface area contributed by atoms with Gasteiger partial charge in [-0.05, 0) is 99.7 Å². The van der Waals surface area contributed by atoms with Crippen molar-refractivity contribution in [2.24, 2.45) is 71.0 Å². The van der Waals surface area contributed by atoms with Gasteiger partial charge in [-0.25, -0.2) is 0 Å². The molecule has 0 aromatic rings. The van der Waals surface area contributed by atoms with Gasteiger partial charge in [0.25, 0.3) is 0 Å². The first-order valence-corrected chi connectivity index (χ1v) is 53.4. The third-order valence-electron chi connectivity index (χ3n) is 31.9. The zero-order chi connectivity index (χ0) is 81.3. The van der Waals surface area contributed by atoms with E-state index in [1.165, 1.54) is 372 Å². The van der Waals surface area contributed by atoms with Crippen LogP contribution in [-0.4, -0.2) is 72.5 Å². The second kappa shape index (κ2) is 60.1. The van der Waals surface area contributed by atoms with Gasteiger partial charge in [0.2, 0.25) is 0 Å². The number of rotatable bonds is 68. The van der Waals surface area contributed by atoms with Crippen LogP contribution in [0.2, 0.25) is 0 Å². The quantitative estimate of drug-likeness (QED) is 0.0272. The van der Waals surface area contributed by atoms with Gasteiger partial charge in [-0.1, -0.05) is 426 Å². The van der Waals surface area contributed by atoms with Gasteiger partial charge in [0.15, 0.2) is 0 Å². The lowest BCUT2D eigenvalue weighted by Crippen LogP contribution is -2.62. The number of fused-ring (bicyclic) bond motifs is 20. The number of hydrogen-bond acceptors (Lipinski definition) is 12. The van der Waals surface area contributed by atoms with Gasteiger partial charge in [-0.3, -0.25) is 61.7 Å². The van der Waals surface area contributed by atoms with E-state index in [9.17, 15) is 0 Å². The van der Waals surface area contributed by atoms with E-state index >= 15 is 19.2 Å². The normalized spacial score (nSPS) is 30.2. The highest BCUT2D eigenvalue weighted by Gasteiger charge is 2.66. The van der Waals surface area contributed by atoms with Gasteiger partial charge >= 0.3 is 0 Å². The molecule has 20 unspecified atom stereocenters. The molecule has 9 aliphatic rings. The molecule has 0 radical (unpaired) electrons. The number of nitrogens with one attached hydrogen (secondary N) is 8. The molecule has 12 heteroatoms. The van der Waals surface area contributed by atoms with Crippen LogP contribution < -0.4 is 42.5 Å².